The van der Waals surface area contributed by atoms with E-state index < -0.39 is 40.7 Å². The van der Waals surface area contributed by atoms with Crippen LogP contribution >= 0.6 is 0 Å². The summed E-state index contributed by atoms with van der Waals surface area (Å²) < 4.78 is 58.2. The van der Waals surface area contributed by atoms with E-state index in [9.17, 15) is 22.4 Å². The molecule has 1 N–H and O–H groups in total. The second-order valence-corrected chi connectivity index (χ2v) is 6.54. The molecule has 1 aromatic rings. The molecule has 0 radical (unpaired) electrons. The number of hydrogen-bond donors (Lipinski definition) is 1. The van der Waals surface area contributed by atoms with Gasteiger partial charge in [0.05, 0.1) is 0 Å². The van der Waals surface area contributed by atoms with Crippen LogP contribution in [0, 0.1) is 35.6 Å². The normalized spacial score (nSPS) is 11.5. The summed E-state index contributed by atoms with van der Waals surface area (Å²) in [4.78, 5) is 11.5. The van der Waals surface area contributed by atoms with E-state index in [0.717, 1.165) is 19.8 Å². The molecular formula is C16H21F4NO2. The summed E-state index contributed by atoms with van der Waals surface area (Å²) in [6, 6.07) is 0. The molecule has 0 aliphatic heterocycles. The van der Waals surface area contributed by atoms with E-state index in [4.69, 9.17) is 0 Å². The molecule has 1 rings (SSSR count). The van der Waals surface area contributed by atoms with Gasteiger partial charge >= 0.3 is 6.09 Å². The average molecular weight is 335 g/mol. The molecule has 0 spiro atoms. The first-order valence-electron chi connectivity index (χ1n) is 7.33. The van der Waals surface area contributed by atoms with Crippen molar-refractivity contribution in [1.29, 1.82) is 0 Å². The van der Waals surface area contributed by atoms with Gasteiger partial charge in [-0.2, -0.15) is 8.78 Å². The maximum Gasteiger partial charge on any atom is 0.412 e. The first kappa shape index (κ1) is 19.3. The van der Waals surface area contributed by atoms with Gasteiger partial charge in [-0.05, 0) is 25.2 Å². The van der Waals surface area contributed by atoms with E-state index in [0.29, 0.717) is 6.42 Å². The standard InChI is InChI=1S/C16H21F4NO2/c1-9-10(17)12(19)14(13(20)11(9)18)23-15(22)21-8-6-5-7-16(2,3)4/h5-8H2,1-4H3,(H,21,22). The van der Waals surface area contributed by atoms with Gasteiger partial charge in [0.15, 0.2) is 11.6 Å². The van der Waals surface area contributed by atoms with Crippen LogP contribution in [-0.4, -0.2) is 12.6 Å². The van der Waals surface area contributed by atoms with Crippen LogP contribution in [0.1, 0.15) is 45.6 Å². The Labute approximate surface area is 133 Å². The molecule has 0 aliphatic rings. The fraction of sp³-hybridized carbons (Fsp3) is 0.562. The summed E-state index contributed by atoms with van der Waals surface area (Å²) in [6.07, 6.45) is 1.27. The van der Waals surface area contributed by atoms with Gasteiger partial charge in [-0.25, -0.2) is 13.6 Å². The molecule has 130 valence electrons. The fourth-order valence-corrected chi connectivity index (χ4v) is 1.91. The van der Waals surface area contributed by atoms with E-state index in [1.54, 1.807) is 0 Å². The molecule has 23 heavy (non-hydrogen) atoms. The topological polar surface area (TPSA) is 38.3 Å². The second-order valence-electron chi connectivity index (χ2n) is 6.54. The number of halogens is 4. The molecule has 0 saturated carbocycles. The van der Waals surface area contributed by atoms with E-state index >= 15 is 0 Å². The minimum Gasteiger partial charge on any atom is -0.404 e. The van der Waals surface area contributed by atoms with Gasteiger partial charge in [-0.15, -0.1) is 0 Å². The molecule has 0 aliphatic carbocycles. The van der Waals surface area contributed by atoms with Crippen molar-refractivity contribution in [2.24, 2.45) is 5.41 Å². The van der Waals surface area contributed by atoms with Crippen molar-refractivity contribution in [3.8, 4) is 5.75 Å². The van der Waals surface area contributed by atoms with Gasteiger partial charge in [0.1, 0.15) is 0 Å². The average Bonchev–Trinajstić information content (AvgIpc) is 2.46. The Morgan fingerprint density at radius 1 is 1.00 bits per heavy atom. The monoisotopic (exact) mass is 335 g/mol. The van der Waals surface area contributed by atoms with Crippen LogP contribution in [0.15, 0.2) is 0 Å². The molecule has 0 bridgehead atoms. The molecule has 7 heteroatoms. The summed E-state index contributed by atoms with van der Waals surface area (Å²) >= 11 is 0. The Hall–Kier alpha value is -1.79. The summed E-state index contributed by atoms with van der Waals surface area (Å²) in [7, 11) is 0. The van der Waals surface area contributed by atoms with Gasteiger partial charge in [-0.3, -0.25) is 0 Å². The summed E-state index contributed by atoms with van der Waals surface area (Å²) in [5.74, 6) is -8.01. The lowest BCUT2D eigenvalue weighted by molar-refractivity contribution is 0.194. The third-order valence-corrected chi connectivity index (χ3v) is 3.26. The number of nitrogens with one attached hydrogen (secondary N) is 1. The number of rotatable bonds is 5. The first-order valence-corrected chi connectivity index (χ1v) is 7.33. The molecule has 0 heterocycles. The maximum absolute atomic E-state index is 13.6. The van der Waals surface area contributed by atoms with Gasteiger partial charge in [0.25, 0.3) is 0 Å². The highest BCUT2D eigenvalue weighted by Crippen LogP contribution is 2.29. The minimum atomic E-state index is -1.73. The highest BCUT2D eigenvalue weighted by Gasteiger charge is 2.26. The molecule has 1 amide bonds. The van der Waals surface area contributed by atoms with Crippen LogP contribution in [0.25, 0.3) is 0 Å². The number of carbonyl (C=O) groups is 1. The Morgan fingerprint density at radius 2 is 1.52 bits per heavy atom. The molecule has 3 nitrogen and oxygen atoms in total. The lowest BCUT2D eigenvalue weighted by Crippen LogP contribution is -2.29. The predicted octanol–water partition coefficient (Wildman–Crippen LogP) is 4.86. The predicted molar refractivity (Wildman–Crippen MR) is 78.3 cm³/mol. The highest BCUT2D eigenvalue weighted by atomic mass is 19.2. The highest BCUT2D eigenvalue weighted by molar-refractivity contribution is 5.70. The van der Waals surface area contributed by atoms with Gasteiger partial charge < -0.3 is 10.1 Å². The van der Waals surface area contributed by atoms with E-state index in [-0.39, 0.29) is 12.0 Å². The van der Waals surface area contributed by atoms with Crippen molar-refractivity contribution < 1.29 is 27.1 Å². The first-order chi connectivity index (χ1) is 10.5. The van der Waals surface area contributed by atoms with Crippen molar-refractivity contribution in [3.63, 3.8) is 0 Å². The number of amides is 1. The van der Waals surface area contributed by atoms with Crippen LogP contribution in [0.3, 0.4) is 0 Å². The molecule has 0 unspecified atom stereocenters. The Kier molecular flexibility index (Phi) is 6.41. The zero-order valence-corrected chi connectivity index (χ0v) is 13.7. The summed E-state index contributed by atoms with van der Waals surface area (Å²) in [5, 5.41) is 2.29. The zero-order valence-electron chi connectivity index (χ0n) is 13.7. The molecule has 0 aromatic heterocycles. The van der Waals surface area contributed by atoms with Crippen LogP contribution in [0.5, 0.6) is 5.75 Å². The maximum atomic E-state index is 13.6. The number of unbranched alkanes of at least 4 members (excludes halogenated alkanes) is 1. The third-order valence-electron chi connectivity index (χ3n) is 3.26. The fourth-order valence-electron chi connectivity index (χ4n) is 1.91. The van der Waals surface area contributed by atoms with Crippen LogP contribution in [0.2, 0.25) is 0 Å². The van der Waals surface area contributed by atoms with E-state index in [1.165, 1.54) is 0 Å². The van der Waals surface area contributed by atoms with E-state index in [2.05, 4.69) is 30.8 Å². The summed E-state index contributed by atoms with van der Waals surface area (Å²) in [5.41, 5.74) is -0.640. The minimum absolute atomic E-state index is 0.170. The zero-order chi connectivity index (χ0) is 17.8. The van der Waals surface area contributed by atoms with Crippen molar-refractivity contribution in [2.75, 3.05) is 6.54 Å². The SMILES string of the molecule is Cc1c(F)c(F)c(OC(=O)NCCCCC(C)(C)C)c(F)c1F. The number of carbonyl (C=O) groups excluding carboxylic acids is 1. The van der Waals surface area contributed by atoms with Crippen molar-refractivity contribution in [1.82, 2.24) is 5.32 Å². The quantitative estimate of drug-likeness (QED) is 0.474. The number of hydrogen-bond acceptors (Lipinski definition) is 2. The number of benzene rings is 1. The van der Waals surface area contributed by atoms with Crippen LogP contribution in [-0.2, 0) is 0 Å². The number of ether oxygens (including phenoxy) is 1. The Balaban J connectivity index is 2.59. The van der Waals surface area contributed by atoms with Crippen molar-refractivity contribution in [3.05, 3.63) is 28.8 Å². The molecule has 0 fully saturated rings. The largest absolute Gasteiger partial charge is 0.412 e. The Morgan fingerprint density at radius 3 is 2.00 bits per heavy atom. The summed E-state index contributed by atoms with van der Waals surface area (Å²) in [6.45, 7) is 7.37. The van der Waals surface area contributed by atoms with Gasteiger partial charge in [0, 0.05) is 12.1 Å². The van der Waals surface area contributed by atoms with E-state index in [1.807, 2.05) is 0 Å². The van der Waals surface area contributed by atoms with Gasteiger partial charge in [0.2, 0.25) is 17.4 Å². The lowest BCUT2D eigenvalue weighted by atomic mass is 9.90. The van der Waals surface area contributed by atoms with Crippen molar-refractivity contribution >= 4 is 6.09 Å². The Bertz CT molecular complexity index is 553. The van der Waals surface area contributed by atoms with Crippen molar-refractivity contribution in [2.45, 2.75) is 47.0 Å². The third kappa shape index (κ3) is 5.41. The second kappa shape index (κ2) is 7.66. The molecule has 0 atom stereocenters. The lowest BCUT2D eigenvalue weighted by Gasteiger charge is -2.17. The molecule has 0 saturated heterocycles. The molecular weight excluding hydrogens is 314 g/mol. The van der Waals surface area contributed by atoms with Gasteiger partial charge in [-0.1, -0.05) is 27.2 Å². The van der Waals surface area contributed by atoms with Crippen LogP contribution < -0.4 is 10.1 Å². The molecule has 1 aromatic carbocycles. The van der Waals surface area contributed by atoms with Crippen LogP contribution in [0.4, 0.5) is 22.4 Å². The smallest absolute Gasteiger partial charge is 0.404 e.